The van der Waals surface area contributed by atoms with Crippen LogP contribution in [0.1, 0.15) is 0 Å². The minimum Gasteiger partial charge on any atom is -0.378 e. The Morgan fingerprint density at radius 3 is 2.85 bits per heavy atom. The Labute approximate surface area is 155 Å². The maximum atomic E-state index is 12.5. The quantitative estimate of drug-likeness (QED) is 0.704. The molecule has 7 nitrogen and oxygen atoms in total. The molecule has 3 heterocycles. The number of hydrogen-bond acceptors (Lipinski definition) is 5. The van der Waals surface area contributed by atoms with Crippen molar-refractivity contribution in [2.24, 2.45) is 0 Å². The van der Waals surface area contributed by atoms with Crippen LogP contribution in [-0.4, -0.2) is 51.8 Å². The lowest BCUT2D eigenvalue weighted by atomic mass is 10.2. The molecular formula is C18H17ClN4O3. The summed E-state index contributed by atoms with van der Waals surface area (Å²) in [7, 11) is 0. The molecule has 0 saturated carbocycles. The monoisotopic (exact) mass is 372 g/mol. The van der Waals surface area contributed by atoms with Gasteiger partial charge in [-0.25, -0.2) is 0 Å². The van der Waals surface area contributed by atoms with Crippen LogP contribution >= 0.6 is 11.6 Å². The maximum Gasteiger partial charge on any atom is 0.274 e. The van der Waals surface area contributed by atoms with E-state index in [0.29, 0.717) is 48.7 Å². The van der Waals surface area contributed by atoms with E-state index in [-0.39, 0.29) is 12.5 Å². The average Bonchev–Trinajstić information content (AvgIpc) is 3.31. The molecule has 3 aromatic rings. The second-order valence-electron chi connectivity index (χ2n) is 5.95. The average molecular weight is 373 g/mol. The molecule has 1 aliphatic heterocycles. The van der Waals surface area contributed by atoms with E-state index in [1.807, 2.05) is 35.0 Å². The number of ether oxygens (including phenoxy) is 1. The molecule has 0 N–H and O–H groups in total. The zero-order valence-corrected chi connectivity index (χ0v) is 14.7. The van der Waals surface area contributed by atoms with Crippen molar-refractivity contribution in [1.29, 1.82) is 0 Å². The highest BCUT2D eigenvalue weighted by Gasteiger charge is 2.20. The predicted molar refractivity (Wildman–Crippen MR) is 95.6 cm³/mol. The van der Waals surface area contributed by atoms with Gasteiger partial charge in [-0.3, -0.25) is 4.79 Å². The number of rotatable bonds is 4. The summed E-state index contributed by atoms with van der Waals surface area (Å²) in [6, 6.07) is 11.0. The highest BCUT2D eigenvalue weighted by Crippen LogP contribution is 2.24. The number of carbonyl (C=O) groups is 1. The predicted octanol–water partition coefficient (Wildman–Crippen LogP) is 2.72. The van der Waals surface area contributed by atoms with Crippen LogP contribution in [0.5, 0.6) is 0 Å². The van der Waals surface area contributed by atoms with Crippen molar-refractivity contribution in [2.75, 3.05) is 26.3 Å². The number of hydrogen-bond donors (Lipinski definition) is 0. The van der Waals surface area contributed by atoms with Crippen LogP contribution in [0, 0.1) is 0 Å². The minimum atomic E-state index is 0.0420. The van der Waals surface area contributed by atoms with Crippen LogP contribution in [0.4, 0.5) is 0 Å². The molecule has 0 radical (unpaired) electrons. The number of morpholine rings is 1. The Kier molecular flexibility index (Phi) is 4.73. The third-order valence-corrected chi connectivity index (χ3v) is 4.46. The van der Waals surface area contributed by atoms with E-state index in [0.717, 1.165) is 5.56 Å². The Bertz CT molecular complexity index is 915. The molecule has 1 amide bonds. The fraction of sp³-hybridized carbons (Fsp3) is 0.278. The molecule has 8 heteroatoms. The van der Waals surface area contributed by atoms with Crippen molar-refractivity contribution < 1.29 is 14.1 Å². The zero-order chi connectivity index (χ0) is 17.9. The Morgan fingerprint density at radius 1 is 1.19 bits per heavy atom. The fourth-order valence-corrected chi connectivity index (χ4v) is 3.07. The summed E-state index contributed by atoms with van der Waals surface area (Å²) in [6.07, 6.45) is 1.83. The minimum absolute atomic E-state index is 0.0420. The first-order chi connectivity index (χ1) is 12.7. The molecule has 4 rings (SSSR count). The van der Waals surface area contributed by atoms with Gasteiger partial charge in [0.05, 0.1) is 13.2 Å². The molecule has 1 aromatic carbocycles. The van der Waals surface area contributed by atoms with E-state index in [1.165, 1.54) is 0 Å². The molecule has 1 fully saturated rings. The highest BCUT2D eigenvalue weighted by molar-refractivity contribution is 6.30. The summed E-state index contributed by atoms with van der Waals surface area (Å²) < 4.78 is 12.5. The molecular weight excluding hydrogens is 356 g/mol. The smallest absolute Gasteiger partial charge is 0.274 e. The van der Waals surface area contributed by atoms with Gasteiger partial charge in [0.2, 0.25) is 11.7 Å². The number of benzene rings is 1. The van der Waals surface area contributed by atoms with Crippen LogP contribution in [0.15, 0.2) is 47.1 Å². The van der Waals surface area contributed by atoms with Gasteiger partial charge in [-0.1, -0.05) is 28.9 Å². The second-order valence-corrected chi connectivity index (χ2v) is 6.38. The lowest BCUT2D eigenvalue weighted by Crippen LogP contribution is -2.42. The van der Waals surface area contributed by atoms with Crippen molar-refractivity contribution in [3.05, 3.63) is 47.6 Å². The van der Waals surface area contributed by atoms with E-state index in [2.05, 4.69) is 10.1 Å². The summed E-state index contributed by atoms with van der Waals surface area (Å²) in [5.41, 5.74) is 1.47. The molecule has 0 unspecified atom stereocenters. The van der Waals surface area contributed by atoms with Gasteiger partial charge in [-0.05, 0) is 24.3 Å². The highest BCUT2D eigenvalue weighted by atomic mass is 35.5. The van der Waals surface area contributed by atoms with Gasteiger partial charge in [0.1, 0.15) is 12.2 Å². The molecule has 2 aromatic heterocycles. The van der Waals surface area contributed by atoms with Crippen molar-refractivity contribution in [3.8, 4) is 23.0 Å². The number of carbonyl (C=O) groups excluding carboxylic acids is 1. The van der Waals surface area contributed by atoms with Crippen LogP contribution in [0.2, 0.25) is 5.02 Å². The summed E-state index contributed by atoms with van der Waals surface area (Å²) >= 11 is 6.02. The summed E-state index contributed by atoms with van der Waals surface area (Å²) in [5.74, 6) is 0.856. The van der Waals surface area contributed by atoms with Gasteiger partial charge in [-0.15, -0.1) is 0 Å². The number of nitrogens with zero attached hydrogens (tertiary/aromatic N) is 4. The van der Waals surface area contributed by atoms with E-state index in [1.54, 1.807) is 17.0 Å². The first kappa shape index (κ1) is 16.8. The van der Waals surface area contributed by atoms with Gasteiger partial charge in [0.15, 0.2) is 0 Å². The first-order valence-electron chi connectivity index (χ1n) is 8.31. The molecule has 0 bridgehead atoms. The van der Waals surface area contributed by atoms with E-state index < -0.39 is 0 Å². The topological polar surface area (TPSA) is 73.4 Å². The molecule has 0 aliphatic carbocycles. The van der Waals surface area contributed by atoms with Gasteiger partial charge in [0, 0.05) is 29.9 Å². The van der Waals surface area contributed by atoms with Gasteiger partial charge in [-0.2, -0.15) is 4.98 Å². The maximum absolute atomic E-state index is 12.5. The summed E-state index contributed by atoms with van der Waals surface area (Å²) in [4.78, 5) is 18.7. The number of amides is 1. The number of halogens is 1. The van der Waals surface area contributed by atoms with Crippen molar-refractivity contribution in [3.63, 3.8) is 0 Å². The molecule has 1 aliphatic rings. The van der Waals surface area contributed by atoms with E-state index in [9.17, 15) is 4.79 Å². The lowest BCUT2D eigenvalue weighted by Gasteiger charge is -2.27. The van der Waals surface area contributed by atoms with Crippen molar-refractivity contribution >= 4 is 17.5 Å². The fourth-order valence-electron chi connectivity index (χ4n) is 2.88. The van der Waals surface area contributed by atoms with Crippen LogP contribution in [0.25, 0.3) is 23.0 Å². The Balaban J connectivity index is 1.54. The van der Waals surface area contributed by atoms with E-state index >= 15 is 0 Å². The second kappa shape index (κ2) is 7.31. The first-order valence-corrected chi connectivity index (χ1v) is 8.69. The Morgan fingerprint density at radius 2 is 2.04 bits per heavy atom. The molecule has 26 heavy (non-hydrogen) atoms. The Hall–Kier alpha value is -2.64. The lowest BCUT2D eigenvalue weighted by molar-refractivity contribution is -0.135. The molecule has 0 spiro atoms. The zero-order valence-electron chi connectivity index (χ0n) is 14.0. The molecule has 1 saturated heterocycles. The van der Waals surface area contributed by atoms with Gasteiger partial charge >= 0.3 is 0 Å². The summed E-state index contributed by atoms with van der Waals surface area (Å²) in [5, 5.41) is 4.63. The summed E-state index contributed by atoms with van der Waals surface area (Å²) in [6.45, 7) is 2.62. The molecule has 0 atom stereocenters. The standard InChI is InChI=1S/C18H17ClN4O3/c19-14-4-1-3-13(11-14)17-20-18(26-21-17)15-5-2-6-23(15)12-16(24)22-7-9-25-10-8-22/h1-6,11H,7-10,12H2. The van der Waals surface area contributed by atoms with Crippen molar-refractivity contribution in [1.82, 2.24) is 19.6 Å². The van der Waals surface area contributed by atoms with Crippen LogP contribution in [0.3, 0.4) is 0 Å². The van der Waals surface area contributed by atoms with Gasteiger partial charge in [0.25, 0.3) is 5.89 Å². The number of aromatic nitrogens is 3. The van der Waals surface area contributed by atoms with Crippen LogP contribution < -0.4 is 0 Å². The van der Waals surface area contributed by atoms with E-state index in [4.69, 9.17) is 20.9 Å². The van der Waals surface area contributed by atoms with Crippen LogP contribution in [-0.2, 0) is 16.1 Å². The third-order valence-electron chi connectivity index (χ3n) is 4.23. The molecule has 134 valence electrons. The SMILES string of the molecule is O=C(Cn1cccc1-c1nc(-c2cccc(Cl)c2)no1)N1CCOCC1. The van der Waals surface area contributed by atoms with Crippen molar-refractivity contribution in [2.45, 2.75) is 6.54 Å². The largest absolute Gasteiger partial charge is 0.378 e. The van der Waals surface area contributed by atoms with Gasteiger partial charge < -0.3 is 18.7 Å². The normalized spacial score (nSPS) is 14.6. The third kappa shape index (κ3) is 3.49.